The van der Waals surface area contributed by atoms with Crippen LogP contribution < -0.4 is 0 Å². The highest BCUT2D eigenvalue weighted by atomic mass is 35.5. The van der Waals surface area contributed by atoms with Gasteiger partial charge in [-0.05, 0) is 47.2 Å². The Hall–Kier alpha value is -2.49. The molecule has 28 heavy (non-hydrogen) atoms. The highest BCUT2D eigenvalue weighted by Gasteiger charge is 2.22. The van der Waals surface area contributed by atoms with Crippen molar-refractivity contribution in [1.82, 2.24) is 5.01 Å². The lowest BCUT2D eigenvalue weighted by molar-refractivity contribution is 0.384. The number of halogens is 1. The Bertz CT molecular complexity index is 979. The topological polar surface area (TPSA) is 15.6 Å². The fourth-order valence-corrected chi connectivity index (χ4v) is 3.84. The Labute approximate surface area is 175 Å². The van der Waals surface area contributed by atoms with Crippen LogP contribution in [-0.2, 0) is 6.54 Å². The van der Waals surface area contributed by atoms with Crippen molar-refractivity contribution < 1.29 is 0 Å². The third-order valence-corrected chi connectivity index (χ3v) is 5.78. The number of thioether (sulfide) groups is 1. The molecule has 0 aliphatic carbocycles. The molecule has 3 aromatic rings. The fourth-order valence-electron chi connectivity index (χ4n) is 3.31. The van der Waals surface area contributed by atoms with Crippen LogP contribution in [-0.4, -0.2) is 17.0 Å². The molecule has 1 unspecified atom stereocenters. The normalized spacial score (nSPS) is 16.1. The van der Waals surface area contributed by atoms with E-state index in [4.69, 9.17) is 16.7 Å². The SMILES string of the molecule is CSc1ccc(C2=NN(Cc3ccccc3)C=CC2c2ccc(Cl)cc2)cc1. The molecule has 3 aromatic carbocycles. The number of hydrazone groups is 1. The molecule has 2 nitrogen and oxygen atoms in total. The van der Waals surface area contributed by atoms with Crippen molar-refractivity contribution in [3.05, 3.63) is 113 Å². The molecule has 0 fully saturated rings. The van der Waals surface area contributed by atoms with Gasteiger partial charge < -0.3 is 0 Å². The second-order valence-corrected chi connectivity index (χ2v) is 7.98. The summed E-state index contributed by atoms with van der Waals surface area (Å²) in [5.41, 5.74) is 4.61. The van der Waals surface area contributed by atoms with Crippen molar-refractivity contribution in [3.8, 4) is 0 Å². The Balaban J connectivity index is 1.69. The molecule has 1 aliphatic heterocycles. The largest absolute Gasteiger partial charge is 0.268 e. The van der Waals surface area contributed by atoms with Gasteiger partial charge in [-0.15, -0.1) is 11.8 Å². The molecule has 0 spiro atoms. The van der Waals surface area contributed by atoms with Crippen molar-refractivity contribution in [2.75, 3.05) is 6.26 Å². The molecule has 0 N–H and O–H groups in total. The molecular weight excluding hydrogens is 384 g/mol. The van der Waals surface area contributed by atoms with Gasteiger partial charge >= 0.3 is 0 Å². The lowest BCUT2D eigenvalue weighted by Gasteiger charge is -2.26. The summed E-state index contributed by atoms with van der Waals surface area (Å²) in [5, 5.41) is 7.77. The summed E-state index contributed by atoms with van der Waals surface area (Å²) in [4.78, 5) is 1.25. The van der Waals surface area contributed by atoms with E-state index in [0.717, 1.165) is 22.8 Å². The zero-order valence-electron chi connectivity index (χ0n) is 15.6. The van der Waals surface area contributed by atoms with Crippen molar-refractivity contribution in [2.45, 2.75) is 17.4 Å². The third kappa shape index (κ3) is 4.32. The second kappa shape index (κ2) is 8.68. The van der Waals surface area contributed by atoms with Gasteiger partial charge in [-0.3, -0.25) is 5.01 Å². The minimum Gasteiger partial charge on any atom is -0.268 e. The lowest BCUT2D eigenvalue weighted by Crippen LogP contribution is -2.23. The van der Waals surface area contributed by atoms with Gasteiger partial charge in [-0.25, -0.2) is 0 Å². The first kappa shape index (κ1) is 18.9. The van der Waals surface area contributed by atoms with Crippen LogP contribution in [0.3, 0.4) is 0 Å². The van der Waals surface area contributed by atoms with Crippen LogP contribution >= 0.6 is 23.4 Å². The van der Waals surface area contributed by atoms with Crippen molar-refractivity contribution in [1.29, 1.82) is 0 Å². The number of hydrogen-bond acceptors (Lipinski definition) is 3. The first-order valence-electron chi connectivity index (χ1n) is 9.20. The standard InChI is InChI=1S/C24H21ClN2S/c1-28-22-13-9-20(10-14-22)24-23(19-7-11-21(25)12-8-19)15-16-27(26-24)17-18-5-3-2-4-6-18/h2-16,23H,17H2,1H3. The summed E-state index contributed by atoms with van der Waals surface area (Å²) in [6.07, 6.45) is 6.39. The summed E-state index contributed by atoms with van der Waals surface area (Å²) in [7, 11) is 0. The number of benzene rings is 3. The molecule has 140 valence electrons. The van der Waals surface area contributed by atoms with Crippen molar-refractivity contribution in [2.24, 2.45) is 5.10 Å². The van der Waals surface area contributed by atoms with E-state index in [-0.39, 0.29) is 5.92 Å². The zero-order valence-corrected chi connectivity index (χ0v) is 17.2. The minimum atomic E-state index is 0.101. The van der Waals surface area contributed by atoms with Gasteiger partial charge in [0.2, 0.25) is 0 Å². The van der Waals surface area contributed by atoms with E-state index >= 15 is 0 Å². The molecule has 0 aromatic heterocycles. The molecule has 0 saturated heterocycles. The van der Waals surface area contributed by atoms with E-state index in [2.05, 4.69) is 79.2 Å². The number of hydrogen-bond donors (Lipinski definition) is 0. The average molecular weight is 405 g/mol. The van der Waals surface area contributed by atoms with E-state index in [1.165, 1.54) is 16.0 Å². The van der Waals surface area contributed by atoms with Crippen LogP contribution in [0.5, 0.6) is 0 Å². The molecule has 0 saturated carbocycles. The van der Waals surface area contributed by atoms with Crippen molar-refractivity contribution in [3.63, 3.8) is 0 Å². The van der Waals surface area contributed by atoms with Gasteiger partial charge in [0.1, 0.15) is 0 Å². The Kier molecular flexibility index (Phi) is 5.84. The first-order chi connectivity index (χ1) is 13.7. The lowest BCUT2D eigenvalue weighted by atomic mass is 9.89. The third-order valence-electron chi connectivity index (χ3n) is 4.78. The van der Waals surface area contributed by atoms with E-state index in [1.54, 1.807) is 11.8 Å². The van der Waals surface area contributed by atoms with Gasteiger partial charge in [-0.2, -0.15) is 5.10 Å². The Morgan fingerprint density at radius 2 is 1.64 bits per heavy atom. The highest BCUT2D eigenvalue weighted by molar-refractivity contribution is 7.98. The monoisotopic (exact) mass is 404 g/mol. The molecule has 0 radical (unpaired) electrons. The maximum Gasteiger partial charge on any atom is 0.0794 e. The van der Waals surface area contributed by atoms with E-state index < -0.39 is 0 Å². The first-order valence-corrected chi connectivity index (χ1v) is 10.8. The summed E-state index contributed by atoms with van der Waals surface area (Å²) >= 11 is 7.84. The molecule has 4 heteroatoms. The number of nitrogens with zero attached hydrogens (tertiary/aromatic N) is 2. The molecule has 4 rings (SSSR count). The maximum absolute atomic E-state index is 6.09. The maximum atomic E-state index is 6.09. The summed E-state index contributed by atoms with van der Waals surface area (Å²) in [6, 6.07) is 27.1. The summed E-state index contributed by atoms with van der Waals surface area (Å²) < 4.78 is 0. The fraction of sp³-hybridized carbons (Fsp3) is 0.125. The van der Waals surface area contributed by atoms with Gasteiger partial charge in [0.25, 0.3) is 0 Å². The van der Waals surface area contributed by atoms with Crippen LogP contribution in [0.25, 0.3) is 0 Å². The van der Waals surface area contributed by atoms with E-state index in [9.17, 15) is 0 Å². The zero-order chi connectivity index (χ0) is 19.3. The summed E-state index contributed by atoms with van der Waals surface area (Å²) in [6.45, 7) is 0.747. The van der Waals surface area contributed by atoms with Crippen LogP contribution in [0.15, 0.2) is 101 Å². The predicted molar refractivity (Wildman–Crippen MR) is 120 cm³/mol. The minimum absolute atomic E-state index is 0.101. The van der Waals surface area contributed by atoms with Crippen LogP contribution in [0.1, 0.15) is 22.6 Å². The Morgan fingerprint density at radius 3 is 2.32 bits per heavy atom. The molecule has 0 amide bonds. The molecule has 1 atom stereocenters. The number of rotatable bonds is 5. The summed E-state index contributed by atoms with van der Waals surface area (Å²) in [5.74, 6) is 0.101. The quantitative estimate of drug-likeness (QED) is 0.446. The van der Waals surface area contributed by atoms with Crippen LogP contribution in [0.2, 0.25) is 5.02 Å². The smallest absolute Gasteiger partial charge is 0.0794 e. The molecule has 1 aliphatic rings. The predicted octanol–water partition coefficient (Wildman–Crippen LogP) is 6.58. The Morgan fingerprint density at radius 1 is 0.929 bits per heavy atom. The molecule has 0 bridgehead atoms. The van der Waals surface area contributed by atoms with Crippen LogP contribution in [0, 0.1) is 0 Å². The van der Waals surface area contributed by atoms with E-state index in [0.29, 0.717) is 0 Å². The van der Waals surface area contributed by atoms with Gasteiger partial charge in [0.15, 0.2) is 0 Å². The average Bonchev–Trinajstić information content (AvgIpc) is 2.75. The van der Waals surface area contributed by atoms with E-state index in [1.807, 2.05) is 23.2 Å². The van der Waals surface area contributed by atoms with Crippen LogP contribution in [0.4, 0.5) is 0 Å². The second-order valence-electron chi connectivity index (χ2n) is 6.67. The molecular formula is C24H21ClN2S. The highest BCUT2D eigenvalue weighted by Crippen LogP contribution is 2.29. The number of allylic oxidation sites excluding steroid dienone is 1. The van der Waals surface area contributed by atoms with Crippen molar-refractivity contribution >= 4 is 29.1 Å². The van der Waals surface area contributed by atoms with Gasteiger partial charge in [-0.1, -0.05) is 72.3 Å². The van der Waals surface area contributed by atoms with Gasteiger partial charge in [0, 0.05) is 22.0 Å². The van der Waals surface area contributed by atoms with Gasteiger partial charge in [0.05, 0.1) is 12.3 Å². The molecule has 1 heterocycles.